The van der Waals surface area contributed by atoms with Crippen molar-refractivity contribution in [2.45, 2.75) is 30.8 Å². The van der Waals surface area contributed by atoms with Gasteiger partial charge >= 0.3 is 6.09 Å². The Kier molecular flexibility index (Phi) is 8.98. The van der Waals surface area contributed by atoms with Crippen LogP contribution in [0.25, 0.3) is 21.6 Å². The summed E-state index contributed by atoms with van der Waals surface area (Å²) in [6.07, 6.45) is 1.49. The smallest absolute Gasteiger partial charge is 0.407 e. The van der Waals surface area contributed by atoms with Crippen molar-refractivity contribution in [3.05, 3.63) is 70.1 Å². The molecule has 9 heteroatoms. The Morgan fingerprint density at radius 2 is 1.67 bits per heavy atom. The van der Waals surface area contributed by atoms with E-state index in [0.717, 1.165) is 24.9 Å². The molecule has 7 nitrogen and oxygen atoms in total. The van der Waals surface area contributed by atoms with Gasteiger partial charge in [-0.15, -0.1) is 0 Å². The summed E-state index contributed by atoms with van der Waals surface area (Å²) in [7, 11) is -0.961. The molecule has 2 aromatic rings. The van der Waals surface area contributed by atoms with Gasteiger partial charge in [-0.05, 0) is 52.7 Å². The van der Waals surface area contributed by atoms with Gasteiger partial charge in [-0.25, -0.2) is 4.79 Å². The van der Waals surface area contributed by atoms with E-state index in [1.54, 1.807) is 0 Å². The van der Waals surface area contributed by atoms with E-state index in [0.29, 0.717) is 19.7 Å². The average molecular weight is 441 g/mol. The lowest BCUT2D eigenvalue weighted by atomic mass is 9.98. The van der Waals surface area contributed by atoms with Crippen LogP contribution in [0.3, 0.4) is 0 Å². The van der Waals surface area contributed by atoms with Gasteiger partial charge in [0, 0.05) is 23.9 Å². The number of hydrogen-bond acceptors (Lipinski definition) is 4. The Balaban J connectivity index is 1.31. The van der Waals surface area contributed by atoms with Crippen molar-refractivity contribution in [2.24, 2.45) is 5.11 Å². The summed E-state index contributed by atoms with van der Waals surface area (Å²) < 4.78 is 11.3. The molecular weight excluding hydrogens is 412 g/mol. The molecule has 0 aliphatic heterocycles. The first kappa shape index (κ1) is 22.1. The number of rotatable bonds is 12. The average Bonchev–Trinajstić information content (AvgIpc) is 3.10. The van der Waals surface area contributed by atoms with Crippen molar-refractivity contribution in [3.8, 4) is 11.1 Å². The Labute approximate surface area is 181 Å². The lowest BCUT2D eigenvalue weighted by Crippen LogP contribution is -2.27. The Bertz CT molecular complexity index is 845. The summed E-state index contributed by atoms with van der Waals surface area (Å²) >= 11 is 0. The predicted octanol–water partition coefficient (Wildman–Crippen LogP) is 3.64. The number of ether oxygens (including phenoxy) is 1. The summed E-state index contributed by atoms with van der Waals surface area (Å²) in [5.74, 6) is 0.0905. The Hall–Kier alpha value is -2.59. The van der Waals surface area contributed by atoms with E-state index in [2.05, 4.69) is 39.6 Å². The van der Waals surface area contributed by atoms with Gasteiger partial charge in [-0.1, -0.05) is 53.6 Å². The number of benzene rings is 2. The molecule has 0 saturated carbocycles. The van der Waals surface area contributed by atoms with Crippen LogP contribution in [-0.4, -0.2) is 45.3 Å². The maximum absolute atomic E-state index is 12.1. The highest BCUT2D eigenvalue weighted by atomic mass is 28.3. The van der Waals surface area contributed by atoms with E-state index >= 15 is 0 Å². The zero-order chi connectivity index (χ0) is 21.0. The van der Waals surface area contributed by atoms with Gasteiger partial charge in [0.05, 0.1) is 0 Å². The number of azide groups is 1. The van der Waals surface area contributed by atoms with Gasteiger partial charge in [-0.2, -0.15) is 0 Å². The van der Waals surface area contributed by atoms with Crippen molar-refractivity contribution in [2.75, 3.05) is 19.7 Å². The SMILES string of the molecule is [N-]=[N+]=NCCC[SiH2]O[SiH2]CCCNC(=O)OCC1c2ccccc2-c2ccccc21. The van der Waals surface area contributed by atoms with Crippen LogP contribution < -0.4 is 5.32 Å². The van der Waals surface area contributed by atoms with Crippen molar-refractivity contribution in [3.63, 3.8) is 0 Å². The van der Waals surface area contributed by atoms with E-state index in [-0.39, 0.29) is 12.0 Å². The number of alkyl carbamates (subject to hydrolysis) is 1. The lowest BCUT2D eigenvalue weighted by molar-refractivity contribution is 0.143. The van der Waals surface area contributed by atoms with Gasteiger partial charge in [0.1, 0.15) is 26.1 Å². The number of fused-ring (bicyclic) bond motifs is 3. The third kappa shape index (κ3) is 6.20. The molecule has 0 radical (unpaired) electrons. The molecule has 0 spiro atoms. The van der Waals surface area contributed by atoms with Crippen LogP contribution >= 0.6 is 0 Å². The molecule has 0 saturated heterocycles. The monoisotopic (exact) mass is 440 g/mol. The second kappa shape index (κ2) is 12.2. The molecule has 1 aliphatic rings. The Morgan fingerprint density at radius 3 is 2.33 bits per heavy atom. The fraction of sp³-hybridized carbons (Fsp3) is 0.381. The first-order chi connectivity index (χ1) is 14.8. The molecular formula is C21H28N4O3Si2. The van der Waals surface area contributed by atoms with E-state index in [9.17, 15) is 4.79 Å². The molecule has 0 aromatic heterocycles. The van der Waals surface area contributed by atoms with E-state index < -0.39 is 19.5 Å². The highest BCUT2D eigenvalue weighted by Crippen LogP contribution is 2.44. The normalized spacial score (nSPS) is 12.8. The first-order valence-electron chi connectivity index (χ1n) is 10.5. The molecule has 1 aliphatic carbocycles. The first-order valence-corrected chi connectivity index (χ1v) is 13.6. The molecule has 0 bridgehead atoms. The van der Waals surface area contributed by atoms with Gasteiger partial charge in [0.2, 0.25) is 0 Å². The van der Waals surface area contributed by atoms with Crippen LogP contribution in [0, 0.1) is 0 Å². The zero-order valence-corrected chi connectivity index (χ0v) is 20.0. The number of hydrogen-bond donors (Lipinski definition) is 1. The van der Waals surface area contributed by atoms with Crippen LogP contribution in [0.5, 0.6) is 0 Å². The van der Waals surface area contributed by atoms with E-state index in [4.69, 9.17) is 14.4 Å². The van der Waals surface area contributed by atoms with Crippen LogP contribution in [0.4, 0.5) is 4.79 Å². The molecule has 30 heavy (non-hydrogen) atoms. The van der Waals surface area contributed by atoms with Crippen molar-refractivity contribution >= 4 is 25.6 Å². The molecule has 2 aromatic carbocycles. The second-order valence-electron chi connectivity index (χ2n) is 7.23. The molecule has 0 unspecified atom stereocenters. The minimum atomic E-state index is -0.496. The van der Waals surface area contributed by atoms with Crippen molar-refractivity contribution in [1.29, 1.82) is 0 Å². The highest BCUT2D eigenvalue weighted by Gasteiger charge is 2.28. The number of carbonyl (C=O) groups excluding carboxylic acids is 1. The zero-order valence-electron chi connectivity index (χ0n) is 17.1. The molecule has 0 fully saturated rings. The second-order valence-corrected chi connectivity index (χ2v) is 11.1. The lowest BCUT2D eigenvalue weighted by Gasteiger charge is -2.14. The number of nitrogens with zero attached hydrogens (tertiary/aromatic N) is 3. The van der Waals surface area contributed by atoms with Crippen LogP contribution in [0.15, 0.2) is 53.6 Å². The van der Waals surface area contributed by atoms with E-state index in [1.807, 2.05) is 24.3 Å². The predicted molar refractivity (Wildman–Crippen MR) is 124 cm³/mol. The van der Waals surface area contributed by atoms with Crippen molar-refractivity contribution in [1.82, 2.24) is 5.32 Å². The minimum Gasteiger partial charge on any atom is -0.465 e. The Morgan fingerprint density at radius 1 is 1.03 bits per heavy atom. The molecule has 1 N–H and O–H groups in total. The number of carbonyl (C=O) groups is 1. The topological polar surface area (TPSA) is 96.3 Å². The van der Waals surface area contributed by atoms with E-state index in [1.165, 1.54) is 22.3 Å². The largest absolute Gasteiger partial charge is 0.465 e. The summed E-state index contributed by atoms with van der Waals surface area (Å²) in [4.78, 5) is 14.8. The summed E-state index contributed by atoms with van der Waals surface area (Å²) in [6, 6.07) is 18.8. The summed E-state index contributed by atoms with van der Waals surface area (Å²) in [5.41, 5.74) is 13.1. The maximum atomic E-state index is 12.1. The quantitative estimate of drug-likeness (QED) is 0.179. The van der Waals surface area contributed by atoms with Gasteiger partial charge < -0.3 is 14.2 Å². The third-order valence-electron chi connectivity index (χ3n) is 5.19. The van der Waals surface area contributed by atoms with Crippen molar-refractivity contribution < 1.29 is 13.6 Å². The maximum Gasteiger partial charge on any atom is 0.407 e. The van der Waals surface area contributed by atoms with Gasteiger partial charge in [-0.3, -0.25) is 0 Å². The summed E-state index contributed by atoms with van der Waals surface area (Å²) in [6.45, 7) is 1.53. The molecule has 1 amide bonds. The summed E-state index contributed by atoms with van der Waals surface area (Å²) in [5, 5.41) is 6.37. The minimum absolute atomic E-state index is 0.0905. The van der Waals surface area contributed by atoms with Gasteiger partial charge in [0.15, 0.2) is 0 Å². The number of amides is 1. The molecule has 0 atom stereocenters. The molecule has 0 heterocycles. The number of nitrogens with one attached hydrogen (secondary N) is 1. The van der Waals surface area contributed by atoms with Crippen LogP contribution in [0.2, 0.25) is 12.1 Å². The van der Waals surface area contributed by atoms with Crippen LogP contribution in [0.1, 0.15) is 29.9 Å². The highest BCUT2D eigenvalue weighted by molar-refractivity contribution is 6.42. The van der Waals surface area contributed by atoms with Crippen LogP contribution in [-0.2, 0) is 8.85 Å². The fourth-order valence-corrected chi connectivity index (χ4v) is 7.03. The molecule has 3 rings (SSSR count). The third-order valence-corrected chi connectivity index (χ3v) is 9.08. The fourth-order valence-electron chi connectivity index (χ4n) is 3.70. The molecule has 158 valence electrons. The van der Waals surface area contributed by atoms with Gasteiger partial charge in [0.25, 0.3) is 0 Å². The standard InChI is InChI=1S/C21H28N4O3Si2/c22-25-24-12-6-14-30-28-29-13-5-11-23-21(26)27-15-20-18-9-3-1-7-16(18)17-8-2-4-10-19(17)20/h1-4,7-10,20H,5-6,11-15,29-30H2,(H,23,26).